The highest BCUT2D eigenvalue weighted by Crippen LogP contribution is 2.17. The lowest BCUT2D eigenvalue weighted by Gasteiger charge is -2.14. The van der Waals surface area contributed by atoms with Crippen molar-refractivity contribution in [3.63, 3.8) is 0 Å². The summed E-state index contributed by atoms with van der Waals surface area (Å²) < 4.78 is 31.1. The SMILES string of the molecule is CCCCCCC(C)NC(=O)COc1ccc(F)cc1F. The molecule has 1 rings (SSSR count). The summed E-state index contributed by atoms with van der Waals surface area (Å²) in [5.41, 5.74) is 0. The first-order chi connectivity index (χ1) is 10.0. The smallest absolute Gasteiger partial charge is 0.258 e. The summed E-state index contributed by atoms with van der Waals surface area (Å²) in [7, 11) is 0. The van der Waals surface area contributed by atoms with Crippen LogP contribution in [0.5, 0.6) is 5.75 Å². The van der Waals surface area contributed by atoms with Crippen molar-refractivity contribution >= 4 is 5.91 Å². The number of halogens is 2. The maximum absolute atomic E-state index is 13.3. The zero-order valence-corrected chi connectivity index (χ0v) is 12.6. The van der Waals surface area contributed by atoms with Gasteiger partial charge in [0, 0.05) is 12.1 Å². The predicted octanol–water partition coefficient (Wildman–Crippen LogP) is 3.82. The lowest BCUT2D eigenvalue weighted by Crippen LogP contribution is -2.36. The maximum atomic E-state index is 13.3. The van der Waals surface area contributed by atoms with E-state index in [4.69, 9.17) is 4.74 Å². The van der Waals surface area contributed by atoms with Crippen LogP contribution in [0.1, 0.15) is 46.0 Å². The maximum Gasteiger partial charge on any atom is 0.258 e. The Hall–Kier alpha value is -1.65. The van der Waals surface area contributed by atoms with Crippen LogP contribution in [0.3, 0.4) is 0 Å². The molecule has 1 aromatic rings. The van der Waals surface area contributed by atoms with Crippen molar-refractivity contribution in [3.05, 3.63) is 29.8 Å². The Bertz CT molecular complexity index is 452. The van der Waals surface area contributed by atoms with Gasteiger partial charge in [0.2, 0.25) is 0 Å². The molecule has 0 saturated carbocycles. The Balaban J connectivity index is 2.27. The monoisotopic (exact) mass is 299 g/mol. The van der Waals surface area contributed by atoms with E-state index in [0.717, 1.165) is 31.4 Å². The fourth-order valence-electron chi connectivity index (χ4n) is 2.00. The lowest BCUT2D eigenvalue weighted by atomic mass is 10.1. The highest BCUT2D eigenvalue weighted by Gasteiger charge is 2.10. The van der Waals surface area contributed by atoms with Gasteiger partial charge in [-0.05, 0) is 25.5 Å². The van der Waals surface area contributed by atoms with E-state index in [0.29, 0.717) is 0 Å². The van der Waals surface area contributed by atoms with Crippen LogP contribution >= 0.6 is 0 Å². The molecule has 0 heterocycles. The standard InChI is InChI=1S/C16H23F2NO2/c1-3-4-5-6-7-12(2)19-16(20)11-21-15-9-8-13(17)10-14(15)18/h8-10,12H,3-7,11H2,1-2H3,(H,19,20). The molecule has 0 saturated heterocycles. The summed E-state index contributed by atoms with van der Waals surface area (Å²) in [5, 5.41) is 2.80. The van der Waals surface area contributed by atoms with Crippen LogP contribution in [0, 0.1) is 11.6 Å². The second kappa shape index (κ2) is 9.32. The van der Waals surface area contributed by atoms with E-state index in [9.17, 15) is 13.6 Å². The molecule has 3 nitrogen and oxygen atoms in total. The molecule has 0 fully saturated rings. The number of amides is 1. The van der Waals surface area contributed by atoms with Crippen LogP contribution < -0.4 is 10.1 Å². The van der Waals surface area contributed by atoms with E-state index in [1.165, 1.54) is 18.9 Å². The molecule has 0 aromatic heterocycles. The number of benzene rings is 1. The molecule has 1 atom stereocenters. The van der Waals surface area contributed by atoms with Crippen molar-refractivity contribution < 1.29 is 18.3 Å². The molecule has 0 aliphatic heterocycles. The topological polar surface area (TPSA) is 38.3 Å². The van der Waals surface area contributed by atoms with E-state index in [1.54, 1.807) is 0 Å². The molecule has 5 heteroatoms. The first-order valence-electron chi connectivity index (χ1n) is 7.40. The number of nitrogens with one attached hydrogen (secondary N) is 1. The second-order valence-corrected chi connectivity index (χ2v) is 5.18. The van der Waals surface area contributed by atoms with Crippen molar-refractivity contribution in [2.45, 2.75) is 52.0 Å². The normalized spacial score (nSPS) is 12.0. The van der Waals surface area contributed by atoms with E-state index in [1.807, 2.05) is 6.92 Å². The van der Waals surface area contributed by atoms with E-state index in [-0.39, 0.29) is 24.3 Å². The van der Waals surface area contributed by atoms with Gasteiger partial charge in [0.15, 0.2) is 18.2 Å². The van der Waals surface area contributed by atoms with Crippen molar-refractivity contribution in [1.82, 2.24) is 5.32 Å². The van der Waals surface area contributed by atoms with Gasteiger partial charge in [-0.1, -0.05) is 32.6 Å². The number of ether oxygens (including phenoxy) is 1. The molecule has 0 aliphatic carbocycles. The molecule has 21 heavy (non-hydrogen) atoms. The number of rotatable bonds is 9. The average Bonchev–Trinajstić information content (AvgIpc) is 2.42. The first-order valence-corrected chi connectivity index (χ1v) is 7.40. The number of carbonyl (C=O) groups is 1. The Labute approximate surface area is 124 Å². The summed E-state index contributed by atoms with van der Waals surface area (Å²) in [6, 6.07) is 3.05. The quantitative estimate of drug-likeness (QED) is 0.704. The largest absolute Gasteiger partial charge is 0.481 e. The zero-order valence-electron chi connectivity index (χ0n) is 12.6. The van der Waals surface area contributed by atoms with Gasteiger partial charge in [-0.25, -0.2) is 8.78 Å². The second-order valence-electron chi connectivity index (χ2n) is 5.18. The third-order valence-electron chi connectivity index (χ3n) is 3.15. The van der Waals surface area contributed by atoms with E-state index in [2.05, 4.69) is 12.2 Å². The third kappa shape index (κ3) is 7.06. The van der Waals surface area contributed by atoms with Gasteiger partial charge in [-0.3, -0.25) is 4.79 Å². The van der Waals surface area contributed by atoms with Crippen LogP contribution in [0.4, 0.5) is 8.78 Å². The van der Waals surface area contributed by atoms with Crippen LogP contribution in [-0.2, 0) is 4.79 Å². The molecule has 1 N–H and O–H groups in total. The molecule has 1 amide bonds. The Kier molecular flexibility index (Phi) is 7.72. The molecule has 118 valence electrons. The average molecular weight is 299 g/mol. The van der Waals surface area contributed by atoms with Crippen molar-refractivity contribution in [2.75, 3.05) is 6.61 Å². The minimum Gasteiger partial charge on any atom is -0.481 e. The molecular formula is C16H23F2NO2. The van der Waals surface area contributed by atoms with Crippen LogP contribution in [-0.4, -0.2) is 18.6 Å². The molecule has 1 aromatic carbocycles. The summed E-state index contributed by atoms with van der Waals surface area (Å²) in [4.78, 5) is 11.7. The summed E-state index contributed by atoms with van der Waals surface area (Å²) >= 11 is 0. The van der Waals surface area contributed by atoms with Gasteiger partial charge in [0.25, 0.3) is 5.91 Å². The van der Waals surface area contributed by atoms with Gasteiger partial charge >= 0.3 is 0 Å². The van der Waals surface area contributed by atoms with Gasteiger partial charge in [-0.2, -0.15) is 0 Å². The van der Waals surface area contributed by atoms with Crippen LogP contribution in [0.2, 0.25) is 0 Å². The predicted molar refractivity (Wildman–Crippen MR) is 78.2 cm³/mol. The third-order valence-corrected chi connectivity index (χ3v) is 3.15. The molecule has 0 radical (unpaired) electrons. The Morgan fingerprint density at radius 3 is 2.71 bits per heavy atom. The van der Waals surface area contributed by atoms with Gasteiger partial charge < -0.3 is 10.1 Å². The Morgan fingerprint density at radius 2 is 2.05 bits per heavy atom. The molecule has 0 aliphatic rings. The zero-order chi connectivity index (χ0) is 15.7. The summed E-state index contributed by atoms with van der Waals surface area (Å²) in [6.07, 6.45) is 5.53. The number of hydrogen-bond donors (Lipinski definition) is 1. The highest BCUT2D eigenvalue weighted by atomic mass is 19.1. The number of unbranched alkanes of at least 4 members (excludes halogenated alkanes) is 3. The van der Waals surface area contributed by atoms with Gasteiger partial charge in [0.1, 0.15) is 5.82 Å². The van der Waals surface area contributed by atoms with Crippen molar-refractivity contribution in [2.24, 2.45) is 0 Å². The molecule has 1 unspecified atom stereocenters. The van der Waals surface area contributed by atoms with E-state index >= 15 is 0 Å². The Morgan fingerprint density at radius 1 is 1.29 bits per heavy atom. The van der Waals surface area contributed by atoms with E-state index < -0.39 is 11.6 Å². The molecule has 0 spiro atoms. The minimum absolute atomic E-state index is 0.0658. The number of hydrogen-bond acceptors (Lipinski definition) is 2. The van der Waals surface area contributed by atoms with Crippen LogP contribution in [0.25, 0.3) is 0 Å². The van der Waals surface area contributed by atoms with Crippen molar-refractivity contribution in [1.29, 1.82) is 0 Å². The number of carbonyl (C=O) groups excluding carboxylic acids is 1. The highest BCUT2D eigenvalue weighted by molar-refractivity contribution is 5.77. The molecular weight excluding hydrogens is 276 g/mol. The lowest BCUT2D eigenvalue weighted by molar-refractivity contribution is -0.123. The fourth-order valence-corrected chi connectivity index (χ4v) is 2.00. The van der Waals surface area contributed by atoms with Crippen molar-refractivity contribution in [3.8, 4) is 5.75 Å². The van der Waals surface area contributed by atoms with Gasteiger partial charge in [0.05, 0.1) is 0 Å². The fraction of sp³-hybridized carbons (Fsp3) is 0.562. The summed E-state index contributed by atoms with van der Waals surface area (Å²) in [6.45, 7) is 3.81. The molecule has 0 bridgehead atoms. The van der Waals surface area contributed by atoms with Crippen LogP contribution in [0.15, 0.2) is 18.2 Å². The summed E-state index contributed by atoms with van der Waals surface area (Å²) in [5.74, 6) is -1.91. The first kappa shape index (κ1) is 17.4. The van der Waals surface area contributed by atoms with Gasteiger partial charge in [-0.15, -0.1) is 0 Å². The minimum atomic E-state index is -0.810.